The molecule has 0 saturated carbocycles. The molecule has 0 bridgehead atoms. The molecule has 0 unspecified atom stereocenters. The quantitative estimate of drug-likeness (QED) is 0.917. The second-order valence-corrected chi connectivity index (χ2v) is 6.92. The SMILES string of the molecule is CC(C)NC(=O)C1CCN(c2ccc3c(Cl)ccnc3c2F)CC1. The molecule has 1 amide bonds. The number of anilines is 1. The summed E-state index contributed by atoms with van der Waals surface area (Å²) < 4.78 is 14.8. The van der Waals surface area contributed by atoms with Gasteiger partial charge in [-0.2, -0.15) is 0 Å². The van der Waals surface area contributed by atoms with Gasteiger partial charge in [-0.15, -0.1) is 0 Å². The fourth-order valence-electron chi connectivity index (χ4n) is 3.17. The fraction of sp³-hybridized carbons (Fsp3) is 0.444. The normalized spacial score (nSPS) is 16.0. The Labute approximate surface area is 146 Å². The van der Waals surface area contributed by atoms with E-state index in [4.69, 9.17) is 11.6 Å². The summed E-state index contributed by atoms with van der Waals surface area (Å²) in [6, 6.07) is 5.35. The first-order valence-corrected chi connectivity index (χ1v) is 8.63. The molecule has 128 valence electrons. The predicted octanol–water partition coefficient (Wildman–Crippen LogP) is 3.77. The van der Waals surface area contributed by atoms with Gasteiger partial charge in [0.15, 0.2) is 5.82 Å². The van der Waals surface area contributed by atoms with E-state index < -0.39 is 0 Å². The lowest BCUT2D eigenvalue weighted by molar-refractivity contribution is -0.126. The highest BCUT2D eigenvalue weighted by atomic mass is 35.5. The van der Waals surface area contributed by atoms with Crippen LogP contribution in [-0.2, 0) is 4.79 Å². The molecule has 0 atom stereocenters. The van der Waals surface area contributed by atoms with Crippen LogP contribution < -0.4 is 10.2 Å². The van der Waals surface area contributed by atoms with Crippen LogP contribution >= 0.6 is 11.6 Å². The number of halogens is 2. The number of benzene rings is 1. The summed E-state index contributed by atoms with van der Waals surface area (Å²) >= 11 is 6.10. The number of nitrogens with zero attached hydrogens (tertiary/aromatic N) is 2. The molecule has 1 aliphatic rings. The lowest BCUT2D eigenvalue weighted by Crippen LogP contribution is -2.42. The topological polar surface area (TPSA) is 45.2 Å². The van der Waals surface area contributed by atoms with E-state index >= 15 is 0 Å². The Morgan fingerprint density at radius 3 is 2.71 bits per heavy atom. The Bertz CT molecular complexity index is 757. The van der Waals surface area contributed by atoms with E-state index in [1.165, 1.54) is 6.20 Å². The number of amides is 1. The van der Waals surface area contributed by atoms with Crippen molar-refractivity contribution < 1.29 is 9.18 Å². The van der Waals surface area contributed by atoms with E-state index in [1.807, 2.05) is 18.7 Å². The molecule has 0 spiro atoms. The van der Waals surface area contributed by atoms with Crippen LogP contribution in [0.25, 0.3) is 10.9 Å². The van der Waals surface area contributed by atoms with Crippen molar-refractivity contribution in [2.75, 3.05) is 18.0 Å². The molecule has 0 aliphatic carbocycles. The first-order valence-electron chi connectivity index (χ1n) is 8.25. The van der Waals surface area contributed by atoms with E-state index in [0.717, 1.165) is 12.8 Å². The zero-order valence-electron chi connectivity index (χ0n) is 13.9. The van der Waals surface area contributed by atoms with Gasteiger partial charge in [0.25, 0.3) is 0 Å². The van der Waals surface area contributed by atoms with Crippen molar-refractivity contribution >= 4 is 34.1 Å². The van der Waals surface area contributed by atoms with Gasteiger partial charge in [0.2, 0.25) is 5.91 Å². The maximum absolute atomic E-state index is 14.8. The van der Waals surface area contributed by atoms with E-state index in [2.05, 4.69) is 10.3 Å². The van der Waals surface area contributed by atoms with E-state index in [9.17, 15) is 9.18 Å². The van der Waals surface area contributed by atoms with Crippen LogP contribution in [0.2, 0.25) is 5.02 Å². The molecule has 6 heteroatoms. The molecule has 1 N–H and O–H groups in total. The second kappa shape index (κ2) is 6.93. The summed E-state index contributed by atoms with van der Waals surface area (Å²) in [7, 11) is 0. The minimum Gasteiger partial charge on any atom is -0.369 e. The molecule has 1 aromatic heterocycles. The van der Waals surface area contributed by atoms with E-state index in [0.29, 0.717) is 34.7 Å². The third-order valence-corrected chi connectivity index (χ3v) is 4.74. The van der Waals surface area contributed by atoms with Crippen LogP contribution in [0.3, 0.4) is 0 Å². The molecule has 1 saturated heterocycles. The number of nitrogens with one attached hydrogen (secondary N) is 1. The van der Waals surface area contributed by atoms with Crippen molar-refractivity contribution in [2.45, 2.75) is 32.7 Å². The number of carbonyl (C=O) groups is 1. The van der Waals surface area contributed by atoms with Gasteiger partial charge in [0.05, 0.1) is 10.7 Å². The van der Waals surface area contributed by atoms with Crippen molar-refractivity contribution in [1.82, 2.24) is 10.3 Å². The highest BCUT2D eigenvalue weighted by Crippen LogP contribution is 2.32. The maximum Gasteiger partial charge on any atom is 0.223 e. The minimum atomic E-state index is -0.347. The second-order valence-electron chi connectivity index (χ2n) is 6.51. The fourth-order valence-corrected chi connectivity index (χ4v) is 3.38. The monoisotopic (exact) mass is 349 g/mol. The zero-order chi connectivity index (χ0) is 17.3. The van der Waals surface area contributed by atoms with Crippen molar-refractivity contribution in [2.24, 2.45) is 5.92 Å². The Morgan fingerprint density at radius 1 is 1.33 bits per heavy atom. The standard InChI is InChI=1S/C18H21ClFN3O/c1-11(2)22-18(24)12-6-9-23(10-7-12)15-4-3-13-14(19)5-8-21-17(13)16(15)20/h3-5,8,11-12H,6-7,9-10H2,1-2H3,(H,22,24). The van der Waals surface area contributed by atoms with Gasteiger partial charge >= 0.3 is 0 Å². The number of aromatic nitrogens is 1. The number of fused-ring (bicyclic) bond motifs is 1. The van der Waals surface area contributed by atoms with Gasteiger partial charge in [-0.1, -0.05) is 11.6 Å². The number of carbonyl (C=O) groups excluding carboxylic acids is 1. The highest BCUT2D eigenvalue weighted by Gasteiger charge is 2.27. The molecule has 1 fully saturated rings. The third kappa shape index (κ3) is 3.31. The van der Waals surface area contributed by atoms with Crippen LogP contribution in [0.4, 0.5) is 10.1 Å². The maximum atomic E-state index is 14.8. The molecule has 2 aromatic rings. The molecule has 24 heavy (non-hydrogen) atoms. The first-order chi connectivity index (χ1) is 11.5. The number of hydrogen-bond donors (Lipinski definition) is 1. The average molecular weight is 350 g/mol. The highest BCUT2D eigenvalue weighted by molar-refractivity contribution is 6.35. The van der Waals surface area contributed by atoms with Crippen molar-refractivity contribution in [1.29, 1.82) is 0 Å². The number of piperidine rings is 1. The summed E-state index contributed by atoms with van der Waals surface area (Å²) in [5, 5.41) is 4.06. The summed E-state index contributed by atoms with van der Waals surface area (Å²) in [6.45, 7) is 5.21. The van der Waals surface area contributed by atoms with Crippen LogP contribution in [0, 0.1) is 11.7 Å². The van der Waals surface area contributed by atoms with Gasteiger partial charge in [0.1, 0.15) is 5.52 Å². The summed E-state index contributed by atoms with van der Waals surface area (Å²) in [5.41, 5.74) is 0.819. The van der Waals surface area contributed by atoms with Crippen molar-refractivity contribution in [3.05, 3.63) is 35.2 Å². The van der Waals surface area contributed by atoms with Gasteiger partial charge < -0.3 is 10.2 Å². The van der Waals surface area contributed by atoms with Crippen molar-refractivity contribution in [3.8, 4) is 0 Å². The summed E-state index contributed by atoms with van der Waals surface area (Å²) in [5.74, 6) is -0.253. The molecular formula is C18H21ClFN3O. The molecular weight excluding hydrogens is 329 g/mol. The Morgan fingerprint density at radius 2 is 2.04 bits per heavy atom. The third-order valence-electron chi connectivity index (χ3n) is 4.41. The smallest absolute Gasteiger partial charge is 0.223 e. The average Bonchev–Trinajstić information content (AvgIpc) is 2.55. The van der Waals surface area contributed by atoms with Gasteiger partial charge in [-0.05, 0) is 44.9 Å². The molecule has 2 heterocycles. The van der Waals surface area contributed by atoms with Gasteiger partial charge in [-0.3, -0.25) is 9.78 Å². The summed E-state index contributed by atoms with van der Waals surface area (Å²) in [6.07, 6.45) is 2.96. The zero-order valence-corrected chi connectivity index (χ0v) is 14.6. The predicted molar refractivity (Wildman–Crippen MR) is 94.9 cm³/mol. The molecule has 1 aliphatic heterocycles. The largest absolute Gasteiger partial charge is 0.369 e. The Kier molecular flexibility index (Phi) is 4.90. The van der Waals surface area contributed by atoms with Crippen LogP contribution in [-0.4, -0.2) is 30.0 Å². The number of pyridine rings is 1. The van der Waals surface area contributed by atoms with E-state index in [-0.39, 0.29) is 23.7 Å². The molecule has 0 radical (unpaired) electrons. The van der Waals surface area contributed by atoms with Crippen LogP contribution in [0.5, 0.6) is 0 Å². The van der Waals surface area contributed by atoms with Gasteiger partial charge in [-0.25, -0.2) is 4.39 Å². The number of hydrogen-bond acceptors (Lipinski definition) is 3. The lowest BCUT2D eigenvalue weighted by Gasteiger charge is -2.33. The van der Waals surface area contributed by atoms with Crippen LogP contribution in [0.1, 0.15) is 26.7 Å². The van der Waals surface area contributed by atoms with Crippen LogP contribution in [0.15, 0.2) is 24.4 Å². The molecule has 3 rings (SSSR count). The van der Waals surface area contributed by atoms with E-state index in [1.54, 1.807) is 18.2 Å². The van der Waals surface area contributed by atoms with Crippen molar-refractivity contribution in [3.63, 3.8) is 0 Å². The van der Waals surface area contributed by atoms with Gasteiger partial charge in [0, 0.05) is 36.6 Å². The number of rotatable bonds is 3. The summed E-state index contributed by atoms with van der Waals surface area (Å²) in [4.78, 5) is 18.2. The molecule has 1 aromatic carbocycles. The lowest BCUT2D eigenvalue weighted by atomic mass is 9.95. The Balaban J connectivity index is 1.76. The Hall–Kier alpha value is -1.88. The minimum absolute atomic E-state index is 0.000243. The molecule has 4 nitrogen and oxygen atoms in total. The first kappa shape index (κ1) is 17.0.